The number of halogens is 1. The molecule has 13 aromatic rings. The van der Waals surface area contributed by atoms with Crippen LogP contribution < -0.4 is 143 Å². The van der Waals surface area contributed by atoms with Gasteiger partial charge in [-0.2, -0.15) is 0 Å². The monoisotopic (exact) mass is 1390 g/mol. The molecule has 0 unspecified atom stereocenters. The minimum atomic E-state index is -0.371. The van der Waals surface area contributed by atoms with Gasteiger partial charge in [-0.15, -0.1) is 0 Å². The number of aromatic nitrogens is 7. The van der Waals surface area contributed by atoms with E-state index in [1.165, 1.54) is 28.0 Å². The Bertz CT molecular complexity index is 4310. The molecule has 424 valence electrons. The standard InChI is InChI=1S/C47H42N4.C27H18FN3.CH2O3.2Cs.H/c1-46(2,3)35-23-26-40-37(29-35)38-30-36(47(4,5)6)24-27-41(38)51(40)42-25-22-34(31-16-10-7-11-17-31)28-39(42)45-49-43(32-18-12-8-13-19-32)48-44(50-45)33-20-14-9-15-21-33;28-24-17-16-22(19-10-4-1-5-11-19)18-23(24)27-30-25(20-12-6-2-7-13-20)29-26(31-27)21-14-8-3-9-15-21;2-1-4-3;;;/h7-30H,1-6H3;1-18H;1,3H;;;/q;;;2*+1;-1/p-1. The number of hydrogen-bond donors (Lipinski definition) is 0. The summed E-state index contributed by atoms with van der Waals surface area (Å²) in [5.74, 6) is 2.86. The fourth-order valence-electron chi connectivity index (χ4n) is 10.3. The number of fused-ring (bicyclic) bond motifs is 3. The second-order valence-corrected chi connectivity index (χ2v) is 22.7. The molecule has 13 rings (SSSR count). The summed E-state index contributed by atoms with van der Waals surface area (Å²) >= 11 is 0. The van der Waals surface area contributed by atoms with Crippen LogP contribution in [0.3, 0.4) is 0 Å². The molecule has 0 saturated heterocycles. The Balaban J connectivity index is 0.000000231. The van der Waals surface area contributed by atoms with Crippen molar-refractivity contribution in [2.45, 2.75) is 52.4 Å². The molecule has 3 heterocycles. The first-order valence-corrected chi connectivity index (χ1v) is 28.3. The molecule has 0 spiro atoms. The average Bonchev–Trinajstić information content (AvgIpc) is 1.79. The molecule has 10 nitrogen and oxygen atoms in total. The van der Waals surface area contributed by atoms with Crippen molar-refractivity contribution in [2.75, 3.05) is 0 Å². The van der Waals surface area contributed by atoms with Crippen LogP contribution in [0.25, 0.3) is 118 Å². The minimum Gasteiger partial charge on any atom is -1.00 e. The third kappa shape index (κ3) is 15.4. The summed E-state index contributed by atoms with van der Waals surface area (Å²) < 4.78 is 17.3. The number of benzene rings is 10. The Morgan fingerprint density at radius 3 is 1.00 bits per heavy atom. The summed E-state index contributed by atoms with van der Waals surface area (Å²) in [5, 5.41) is 10.9. The Morgan fingerprint density at radius 1 is 0.375 bits per heavy atom. The maximum absolute atomic E-state index is 14.9. The van der Waals surface area contributed by atoms with Gasteiger partial charge in [-0.3, -0.25) is 4.79 Å². The average molecular weight is 1390 g/mol. The molecule has 0 aliphatic rings. The second-order valence-electron chi connectivity index (χ2n) is 22.7. The third-order valence-corrected chi connectivity index (χ3v) is 14.8. The van der Waals surface area contributed by atoms with E-state index in [-0.39, 0.29) is 162 Å². The van der Waals surface area contributed by atoms with Crippen LogP contribution >= 0.6 is 0 Å². The van der Waals surface area contributed by atoms with Crippen molar-refractivity contribution in [3.05, 3.63) is 272 Å². The smallest absolute Gasteiger partial charge is 1.00 e. The molecular formula is C75H62Cs2FN7O3. The Labute approximate surface area is 632 Å². The minimum absolute atomic E-state index is 0. The Hall–Kier alpha value is -6.52. The van der Waals surface area contributed by atoms with Crippen LogP contribution in [-0.2, 0) is 20.5 Å². The predicted octanol–water partition coefficient (Wildman–Crippen LogP) is 11.5. The normalized spacial score (nSPS) is 11.0. The van der Waals surface area contributed by atoms with Gasteiger partial charge in [0.05, 0.1) is 22.3 Å². The quantitative estimate of drug-likeness (QED) is 0.0746. The third-order valence-electron chi connectivity index (χ3n) is 14.8. The molecule has 0 aliphatic heterocycles. The van der Waals surface area contributed by atoms with Gasteiger partial charge in [0.2, 0.25) is 0 Å². The first-order chi connectivity index (χ1) is 41.7. The van der Waals surface area contributed by atoms with Gasteiger partial charge in [-0.05, 0) is 92.7 Å². The summed E-state index contributed by atoms with van der Waals surface area (Å²) in [6.07, 6.45) is 0. The predicted molar refractivity (Wildman–Crippen MR) is 343 cm³/mol. The molecule has 3 aromatic heterocycles. The van der Waals surface area contributed by atoms with Gasteiger partial charge in [0.1, 0.15) is 5.82 Å². The number of carbonyl (C=O) groups is 1. The van der Waals surface area contributed by atoms with E-state index in [4.69, 9.17) is 25.0 Å². The first kappa shape index (κ1) is 65.9. The molecule has 0 radical (unpaired) electrons. The number of carbonyl (C=O) groups excluding carboxylic acids is 1. The van der Waals surface area contributed by atoms with Gasteiger partial charge in [0.25, 0.3) is 6.47 Å². The zero-order chi connectivity index (χ0) is 59.8. The zero-order valence-electron chi connectivity index (χ0n) is 51.6. The van der Waals surface area contributed by atoms with Gasteiger partial charge in [-0.1, -0.05) is 248 Å². The van der Waals surface area contributed by atoms with E-state index in [2.05, 4.69) is 175 Å². The van der Waals surface area contributed by atoms with E-state index in [0.717, 1.165) is 66.8 Å². The van der Waals surface area contributed by atoms with Crippen molar-refractivity contribution in [2.24, 2.45) is 0 Å². The SMILES string of the molecule is CC(C)(C)c1ccc2c(c1)c1cc(C(C)(C)C)ccc1n2-c1ccc(-c2ccccc2)cc1-c1nc(-c2ccccc2)nc(-c2ccccc2)n1.Fc1ccc(-c2ccccc2)cc1-c1nc(-c2ccccc2)nc(-c2ccccc2)n1.O=CO[O-].[Cs+].[Cs+].[H-]. The summed E-state index contributed by atoms with van der Waals surface area (Å²) in [5.41, 5.74) is 15.0. The molecule has 88 heavy (non-hydrogen) atoms. The number of rotatable bonds is 10. The fourth-order valence-corrected chi connectivity index (χ4v) is 10.3. The van der Waals surface area contributed by atoms with Crippen molar-refractivity contribution in [3.8, 4) is 96.3 Å². The number of hydrogen-bond acceptors (Lipinski definition) is 9. The van der Waals surface area contributed by atoms with Crippen molar-refractivity contribution in [1.29, 1.82) is 0 Å². The van der Waals surface area contributed by atoms with Gasteiger partial charge in [0, 0.05) is 38.6 Å². The van der Waals surface area contributed by atoms with E-state index in [9.17, 15) is 4.39 Å². The molecule has 0 saturated carbocycles. The molecule has 0 N–H and O–H groups in total. The van der Waals surface area contributed by atoms with E-state index in [1.54, 1.807) is 12.1 Å². The van der Waals surface area contributed by atoms with Crippen LogP contribution in [0.4, 0.5) is 4.39 Å². The molecule has 0 bridgehead atoms. The summed E-state index contributed by atoms with van der Waals surface area (Å²) in [4.78, 5) is 40.6. The molecule has 0 fully saturated rings. The molecule has 13 heteroatoms. The summed E-state index contributed by atoms with van der Waals surface area (Å²) in [6.45, 7) is 13.5. The first-order valence-electron chi connectivity index (χ1n) is 28.3. The Kier molecular flexibility index (Phi) is 22.4. The molecule has 0 amide bonds. The van der Waals surface area contributed by atoms with E-state index < -0.39 is 0 Å². The van der Waals surface area contributed by atoms with Crippen molar-refractivity contribution in [1.82, 2.24) is 34.5 Å². The molecular weight excluding hydrogens is 1330 g/mol. The van der Waals surface area contributed by atoms with Crippen LogP contribution in [0.5, 0.6) is 0 Å². The maximum Gasteiger partial charge on any atom is 1.00 e. The van der Waals surface area contributed by atoms with Crippen molar-refractivity contribution < 1.29 is 159 Å². The molecule has 0 atom stereocenters. The van der Waals surface area contributed by atoms with Gasteiger partial charge in [0.15, 0.2) is 34.9 Å². The van der Waals surface area contributed by atoms with Gasteiger partial charge < -0.3 is 16.1 Å². The fraction of sp³-hybridized carbons (Fsp3) is 0.107. The van der Waals surface area contributed by atoms with Crippen LogP contribution in [-0.4, -0.2) is 40.9 Å². The molecule has 0 aliphatic carbocycles. The van der Waals surface area contributed by atoms with Crippen LogP contribution in [0.2, 0.25) is 0 Å². The van der Waals surface area contributed by atoms with Crippen LogP contribution in [0.1, 0.15) is 54.1 Å². The van der Waals surface area contributed by atoms with Gasteiger partial charge in [-0.25, -0.2) is 34.3 Å². The second kappa shape index (κ2) is 29.9. The topological polar surface area (TPSA) is 132 Å². The van der Waals surface area contributed by atoms with Crippen LogP contribution in [0.15, 0.2) is 255 Å². The van der Waals surface area contributed by atoms with Crippen molar-refractivity contribution >= 4 is 28.3 Å². The van der Waals surface area contributed by atoms with E-state index >= 15 is 0 Å². The maximum atomic E-state index is 14.9. The van der Waals surface area contributed by atoms with E-state index in [1.807, 2.05) is 127 Å². The van der Waals surface area contributed by atoms with E-state index in [0.29, 0.717) is 40.5 Å². The van der Waals surface area contributed by atoms with Crippen LogP contribution in [0, 0.1) is 5.82 Å². The summed E-state index contributed by atoms with van der Waals surface area (Å²) in [7, 11) is 0. The Morgan fingerprint density at radius 2 is 0.670 bits per heavy atom. The zero-order valence-corrected chi connectivity index (χ0v) is 63.1. The summed E-state index contributed by atoms with van der Waals surface area (Å²) in [6, 6.07) is 85.7. The number of nitrogens with zero attached hydrogens (tertiary/aromatic N) is 7. The van der Waals surface area contributed by atoms with Gasteiger partial charge >= 0.3 is 138 Å². The van der Waals surface area contributed by atoms with Crippen molar-refractivity contribution in [3.63, 3.8) is 0 Å². The molecule has 10 aromatic carbocycles. The largest absolute Gasteiger partial charge is 1.00 e.